The van der Waals surface area contributed by atoms with Crippen LogP contribution in [-0.2, 0) is 0 Å². The quantitative estimate of drug-likeness (QED) is 0.338. The van der Waals surface area contributed by atoms with Crippen molar-refractivity contribution in [3.8, 4) is 0 Å². The van der Waals surface area contributed by atoms with Crippen molar-refractivity contribution in [1.29, 1.82) is 0 Å². The molecule has 0 unspecified atom stereocenters. The van der Waals surface area contributed by atoms with Gasteiger partial charge in [-0.3, -0.25) is 4.99 Å². The minimum atomic E-state index is -0.658. The second-order valence-electron chi connectivity index (χ2n) is 12.9. The Morgan fingerprint density at radius 2 is 1.29 bits per heavy atom. The third-order valence-corrected chi connectivity index (χ3v) is 9.58. The average molecular weight is 511 g/mol. The third-order valence-electron chi connectivity index (χ3n) is 9.58. The number of hydrogen-bond donors (Lipinski definition) is 0. The molecule has 198 valence electrons. The summed E-state index contributed by atoms with van der Waals surface area (Å²) in [6.07, 6.45) is 0. The largest absolute Gasteiger partial charge is 0.757 e. The molecule has 0 saturated heterocycles. The van der Waals surface area contributed by atoms with E-state index in [1.165, 1.54) is 0 Å². The van der Waals surface area contributed by atoms with E-state index < -0.39 is 22.2 Å². The molecule has 3 aromatic rings. The first-order valence-electron chi connectivity index (χ1n) is 13.3. The highest BCUT2D eigenvalue weighted by Crippen LogP contribution is 2.40. The predicted molar refractivity (Wildman–Crippen MR) is 158 cm³/mol. The second kappa shape index (κ2) is 8.06. The molecule has 0 radical (unpaired) electrons. The molecule has 0 saturated carbocycles. The molecule has 0 N–H and O–H groups in total. The zero-order chi connectivity index (χ0) is 28.0. The molecule has 3 aromatic carbocycles. The fourth-order valence-electron chi connectivity index (χ4n) is 5.20. The van der Waals surface area contributed by atoms with Crippen LogP contribution in [-0.4, -0.2) is 43.7 Å². The molecule has 0 spiro atoms. The Hall–Kier alpha value is -3.38. The number of nitroso groups, excluding NO2 is 1. The van der Waals surface area contributed by atoms with Crippen molar-refractivity contribution in [3.05, 3.63) is 80.9 Å². The Balaban J connectivity index is 1.77. The van der Waals surface area contributed by atoms with Gasteiger partial charge in [0, 0.05) is 11.1 Å². The van der Waals surface area contributed by atoms with E-state index in [1.54, 1.807) is 0 Å². The average Bonchev–Trinajstić information content (AvgIpc) is 3.10. The molecule has 0 amide bonds. The van der Waals surface area contributed by atoms with Gasteiger partial charge in [0.05, 0.1) is 11.1 Å². The van der Waals surface area contributed by atoms with Gasteiger partial charge in [0.25, 0.3) is 0 Å². The van der Waals surface area contributed by atoms with Crippen molar-refractivity contribution < 1.29 is 4.76 Å². The summed E-state index contributed by atoms with van der Waals surface area (Å²) in [4.78, 5) is 23.1. The summed E-state index contributed by atoms with van der Waals surface area (Å²) < 4.78 is 1.06. The topological polar surface area (TPSA) is 71.1 Å². The molecule has 6 heteroatoms. The molecule has 2 heterocycles. The number of aliphatic imine (C=N–C) groups is 2. The Morgan fingerprint density at radius 3 is 1.82 bits per heavy atom. The first-order chi connectivity index (χ1) is 17.5. The maximum Gasteiger partial charge on any atom is 0.364 e. The number of benzene rings is 2. The fraction of sp³-hybridized carbons (Fsp3) is 0.438. The first kappa shape index (κ1) is 26.2. The van der Waals surface area contributed by atoms with Crippen LogP contribution in [0.25, 0.3) is 21.5 Å². The second-order valence-corrected chi connectivity index (χ2v) is 12.9. The van der Waals surface area contributed by atoms with Crippen molar-refractivity contribution in [2.24, 2.45) is 9.98 Å². The maximum absolute atomic E-state index is 13.4. The lowest BCUT2D eigenvalue weighted by Crippen LogP contribution is -2.50. The molecule has 5 rings (SSSR count). The van der Waals surface area contributed by atoms with Gasteiger partial charge in [0.2, 0.25) is 0 Å². The molecule has 0 fully saturated rings. The van der Waals surface area contributed by atoms with Gasteiger partial charge in [-0.2, -0.15) is 0 Å². The zero-order valence-electron chi connectivity index (χ0n) is 24.2. The van der Waals surface area contributed by atoms with Crippen LogP contribution in [0.2, 0.25) is 0 Å². The Kier molecular flexibility index (Phi) is 5.57. The molecule has 2 aliphatic rings. The summed E-state index contributed by atoms with van der Waals surface area (Å²) in [6, 6.07) is 16.5. The number of fused-ring (bicyclic) bond motifs is 4. The van der Waals surface area contributed by atoms with Crippen LogP contribution >= 0.6 is 0 Å². The number of nitrogens with zero attached hydrogens (tertiary/aromatic N) is 4. The number of amidine groups is 2. The summed E-state index contributed by atoms with van der Waals surface area (Å²) in [5.74, 6) is 0.928. The van der Waals surface area contributed by atoms with Gasteiger partial charge in [-0.1, -0.05) is 46.3 Å². The van der Waals surface area contributed by atoms with Crippen molar-refractivity contribution in [2.75, 3.05) is 0 Å². The van der Waals surface area contributed by atoms with Gasteiger partial charge in [-0.15, -0.1) is 0 Å². The highest BCUT2D eigenvalue weighted by molar-refractivity contribution is 6.09. The van der Waals surface area contributed by atoms with Gasteiger partial charge in [0.1, 0.15) is 5.84 Å². The van der Waals surface area contributed by atoms with Crippen molar-refractivity contribution in [2.45, 2.75) is 91.4 Å². The van der Waals surface area contributed by atoms with Crippen molar-refractivity contribution in [1.82, 2.24) is 5.06 Å². The maximum atomic E-state index is 13.4. The van der Waals surface area contributed by atoms with E-state index >= 15 is 0 Å². The van der Waals surface area contributed by atoms with E-state index in [2.05, 4.69) is 50.2 Å². The van der Waals surface area contributed by atoms with Crippen LogP contribution in [0, 0.1) is 24.0 Å². The van der Waals surface area contributed by atoms with E-state index in [0.29, 0.717) is 11.7 Å². The first-order valence-corrected chi connectivity index (χ1v) is 13.3. The third kappa shape index (κ3) is 3.57. The lowest BCUT2D eigenvalue weighted by molar-refractivity contribution is -0.514. The van der Waals surface area contributed by atoms with E-state index in [9.17, 15) is 10.1 Å². The van der Waals surface area contributed by atoms with Gasteiger partial charge in [-0.25, -0.2) is 0 Å². The highest BCUT2D eigenvalue weighted by atomic mass is 16.5. The summed E-state index contributed by atoms with van der Waals surface area (Å²) >= 11 is 0. The summed E-state index contributed by atoms with van der Waals surface area (Å²) in [5, 5.41) is 18.6. The van der Waals surface area contributed by atoms with E-state index in [-0.39, 0.29) is 0 Å². The molecule has 38 heavy (non-hydrogen) atoms. The fourth-order valence-corrected chi connectivity index (χ4v) is 5.20. The van der Waals surface area contributed by atoms with E-state index in [0.717, 1.165) is 53.6 Å². The van der Waals surface area contributed by atoms with Crippen LogP contribution in [0.3, 0.4) is 0 Å². The smallest absolute Gasteiger partial charge is 0.364 e. The number of rotatable bonds is 2. The SMILES string of the molecule is Cc1c2ccc3ccc(C4=NC(C)(C)C(C)(C)N4[O-])c(ccc1cc(C1=NC(C)(C)C(C)(C)[N+]1=O)c2)c3C. The summed E-state index contributed by atoms with van der Waals surface area (Å²) in [7, 11) is 0. The molecule has 0 aromatic heterocycles. The molecule has 2 aliphatic heterocycles. The van der Waals surface area contributed by atoms with Crippen LogP contribution in [0.1, 0.15) is 77.6 Å². The lowest BCUT2D eigenvalue weighted by atomic mass is 9.84. The molecule has 4 bridgehead atoms. The summed E-state index contributed by atoms with van der Waals surface area (Å²) in [6.45, 7) is 20.0. The molecule has 0 atom stereocenters. The number of hydrogen-bond acceptors (Lipinski definition) is 5. The molecular formula is C32H38N4O2. The minimum Gasteiger partial charge on any atom is -0.757 e. The Labute approximate surface area is 225 Å². The van der Waals surface area contributed by atoms with E-state index in [4.69, 9.17) is 9.98 Å². The van der Waals surface area contributed by atoms with Crippen LogP contribution < -0.4 is 0 Å². The Morgan fingerprint density at radius 1 is 0.737 bits per heavy atom. The van der Waals surface area contributed by atoms with Crippen LogP contribution in [0.4, 0.5) is 0 Å². The minimum absolute atomic E-state index is 0.462. The van der Waals surface area contributed by atoms with Gasteiger partial charge in [0.15, 0.2) is 11.1 Å². The zero-order valence-corrected chi connectivity index (χ0v) is 24.2. The molecule has 6 nitrogen and oxygen atoms in total. The van der Waals surface area contributed by atoms with Crippen molar-refractivity contribution >= 4 is 33.2 Å². The standard InChI is InChI=1S/C32H38N4O2/c1-19-22-12-11-21-13-16-26(28-34-30(5,6)32(9,10)36(28)38)25(20(21)2)15-14-23(19)18-24(17-22)27-33-29(3,4)31(7,8)35(27)37/h11-18H,1-10H3. The summed E-state index contributed by atoms with van der Waals surface area (Å²) in [5.41, 5.74) is 1.50. The van der Waals surface area contributed by atoms with Crippen LogP contribution in [0.15, 0.2) is 58.5 Å². The van der Waals surface area contributed by atoms with Crippen molar-refractivity contribution in [3.63, 3.8) is 0 Å². The Bertz CT molecular complexity index is 1620. The molecular weight excluding hydrogens is 472 g/mol. The highest BCUT2D eigenvalue weighted by Gasteiger charge is 2.59. The molecule has 0 aliphatic carbocycles. The monoisotopic (exact) mass is 510 g/mol. The number of hydroxylamine groups is 2. The van der Waals surface area contributed by atoms with E-state index in [1.807, 2.05) is 67.5 Å². The van der Waals surface area contributed by atoms with Gasteiger partial charge < -0.3 is 10.3 Å². The van der Waals surface area contributed by atoms with Gasteiger partial charge >= 0.3 is 5.84 Å². The number of aryl methyl sites for hydroxylation is 2. The lowest BCUT2D eigenvalue weighted by Gasteiger charge is -2.46. The normalized spacial score (nSPS) is 21.1. The van der Waals surface area contributed by atoms with Crippen LogP contribution in [0.5, 0.6) is 0 Å². The predicted octanol–water partition coefficient (Wildman–Crippen LogP) is 7.39. The van der Waals surface area contributed by atoms with Gasteiger partial charge in [-0.05, 0) is 119 Å².